The molecule has 1 unspecified atom stereocenters. The van der Waals surface area contributed by atoms with E-state index in [9.17, 15) is 13.5 Å². The van der Waals surface area contributed by atoms with Gasteiger partial charge in [0.15, 0.2) is 0 Å². The normalized spacial score (nSPS) is 19.9. The van der Waals surface area contributed by atoms with Crippen LogP contribution in [-0.4, -0.2) is 37.0 Å². The van der Waals surface area contributed by atoms with Gasteiger partial charge in [0.2, 0.25) is 10.0 Å². The van der Waals surface area contributed by atoms with Crippen molar-refractivity contribution in [3.8, 4) is 0 Å². The molecule has 0 aromatic heterocycles. The maximum Gasteiger partial charge on any atom is 0.243 e. The molecule has 0 aliphatic carbocycles. The van der Waals surface area contributed by atoms with Crippen LogP contribution in [0.2, 0.25) is 0 Å². The van der Waals surface area contributed by atoms with E-state index >= 15 is 0 Å². The lowest BCUT2D eigenvalue weighted by Gasteiger charge is -2.32. The maximum absolute atomic E-state index is 12.7. The van der Waals surface area contributed by atoms with Crippen molar-refractivity contribution >= 4 is 10.0 Å². The van der Waals surface area contributed by atoms with Crippen LogP contribution >= 0.6 is 0 Å². The average molecular weight is 311 g/mol. The monoisotopic (exact) mass is 311 g/mol. The number of aliphatic hydroxyl groups excluding tert-OH is 1. The molecule has 1 saturated heterocycles. The quantitative estimate of drug-likeness (QED) is 0.930. The molecule has 0 amide bonds. The Morgan fingerprint density at radius 1 is 1.19 bits per heavy atom. The van der Waals surface area contributed by atoms with Crippen LogP contribution in [0.3, 0.4) is 0 Å². The number of piperidine rings is 1. The highest BCUT2D eigenvalue weighted by atomic mass is 32.2. The van der Waals surface area contributed by atoms with Crippen LogP contribution in [0.15, 0.2) is 29.2 Å². The third-order valence-corrected chi connectivity index (χ3v) is 6.24. The average Bonchev–Trinajstić information content (AvgIpc) is 2.47. The molecule has 1 aliphatic rings. The number of nitrogens with zero attached hydrogens (tertiary/aromatic N) is 1. The summed E-state index contributed by atoms with van der Waals surface area (Å²) in [6.07, 6.45) is 1.08. The van der Waals surface area contributed by atoms with Gasteiger partial charge in [0, 0.05) is 13.1 Å². The van der Waals surface area contributed by atoms with Gasteiger partial charge in [0.25, 0.3) is 0 Å². The van der Waals surface area contributed by atoms with Crippen molar-refractivity contribution in [2.75, 3.05) is 13.1 Å². The molecule has 1 aromatic rings. The van der Waals surface area contributed by atoms with Crippen molar-refractivity contribution in [1.29, 1.82) is 0 Å². The van der Waals surface area contributed by atoms with E-state index in [2.05, 4.69) is 13.8 Å². The van der Waals surface area contributed by atoms with Crippen molar-refractivity contribution in [3.05, 3.63) is 29.8 Å². The zero-order valence-corrected chi connectivity index (χ0v) is 13.8. The molecule has 0 radical (unpaired) electrons. The molecule has 0 spiro atoms. The SMILES string of the molecule is CC(C)c1cccc(S(=O)(=O)N2CCC(C(C)O)CC2)c1. The lowest BCUT2D eigenvalue weighted by molar-refractivity contribution is 0.0912. The van der Waals surface area contributed by atoms with Gasteiger partial charge in [0.1, 0.15) is 0 Å². The number of hydrogen-bond donors (Lipinski definition) is 1. The molecule has 118 valence electrons. The predicted molar refractivity (Wildman–Crippen MR) is 83.7 cm³/mol. The molecule has 21 heavy (non-hydrogen) atoms. The first-order valence-corrected chi connectivity index (χ1v) is 9.04. The van der Waals surface area contributed by atoms with Crippen LogP contribution < -0.4 is 0 Å². The third kappa shape index (κ3) is 3.65. The van der Waals surface area contributed by atoms with E-state index in [4.69, 9.17) is 0 Å². The lowest BCUT2D eigenvalue weighted by atomic mass is 9.93. The van der Waals surface area contributed by atoms with Crippen molar-refractivity contribution in [2.24, 2.45) is 5.92 Å². The largest absolute Gasteiger partial charge is 0.393 e. The summed E-state index contributed by atoms with van der Waals surface area (Å²) in [6.45, 7) is 6.87. The minimum Gasteiger partial charge on any atom is -0.393 e. The van der Waals surface area contributed by atoms with E-state index in [1.807, 2.05) is 12.1 Å². The van der Waals surface area contributed by atoms with Gasteiger partial charge in [-0.2, -0.15) is 4.31 Å². The van der Waals surface area contributed by atoms with Gasteiger partial charge >= 0.3 is 0 Å². The highest BCUT2D eigenvalue weighted by Gasteiger charge is 2.30. The highest BCUT2D eigenvalue weighted by molar-refractivity contribution is 7.89. The summed E-state index contributed by atoms with van der Waals surface area (Å²) < 4.78 is 27.0. The second-order valence-electron chi connectivity index (χ2n) is 6.21. The van der Waals surface area contributed by atoms with Gasteiger partial charge in [-0.3, -0.25) is 0 Å². The number of sulfonamides is 1. The van der Waals surface area contributed by atoms with Gasteiger partial charge in [-0.05, 0) is 49.3 Å². The molecule has 0 saturated carbocycles. The zero-order valence-electron chi connectivity index (χ0n) is 13.0. The van der Waals surface area contributed by atoms with Crippen LogP contribution in [-0.2, 0) is 10.0 Å². The number of hydrogen-bond acceptors (Lipinski definition) is 3. The van der Waals surface area contributed by atoms with Crippen LogP contribution in [0.4, 0.5) is 0 Å². The summed E-state index contributed by atoms with van der Waals surface area (Å²) in [7, 11) is -3.42. The lowest BCUT2D eigenvalue weighted by Crippen LogP contribution is -2.40. The molecular formula is C16H25NO3S. The Morgan fingerprint density at radius 3 is 2.33 bits per heavy atom. The molecule has 1 aromatic carbocycles. The van der Waals surface area contributed by atoms with Crippen LogP contribution in [0.25, 0.3) is 0 Å². The van der Waals surface area contributed by atoms with Crippen molar-refractivity contribution in [2.45, 2.75) is 50.5 Å². The predicted octanol–water partition coefficient (Wildman–Crippen LogP) is 2.59. The Balaban J connectivity index is 2.18. The molecule has 1 N–H and O–H groups in total. The number of rotatable bonds is 4. The molecule has 1 atom stereocenters. The van der Waals surface area contributed by atoms with E-state index in [-0.39, 0.29) is 12.0 Å². The Kier molecular flexibility index (Phi) is 5.07. The van der Waals surface area contributed by atoms with E-state index in [1.54, 1.807) is 23.4 Å². The third-order valence-electron chi connectivity index (χ3n) is 4.34. The summed E-state index contributed by atoms with van der Waals surface area (Å²) >= 11 is 0. The Morgan fingerprint density at radius 2 is 1.81 bits per heavy atom. The second kappa shape index (κ2) is 6.46. The molecule has 1 fully saturated rings. The Labute approximate surface area is 127 Å². The van der Waals surface area contributed by atoms with Crippen molar-refractivity contribution in [3.63, 3.8) is 0 Å². The van der Waals surface area contributed by atoms with E-state index in [0.29, 0.717) is 23.9 Å². The maximum atomic E-state index is 12.7. The minimum absolute atomic E-state index is 0.207. The molecule has 2 rings (SSSR count). The molecule has 1 aliphatic heterocycles. The molecule has 0 bridgehead atoms. The minimum atomic E-state index is -3.42. The van der Waals surface area contributed by atoms with Gasteiger partial charge in [-0.1, -0.05) is 26.0 Å². The molecular weight excluding hydrogens is 286 g/mol. The highest BCUT2D eigenvalue weighted by Crippen LogP contribution is 2.27. The molecule has 4 nitrogen and oxygen atoms in total. The smallest absolute Gasteiger partial charge is 0.243 e. The van der Waals surface area contributed by atoms with Crippen LogP contribution in [0.1, 0.15) is 45.1 Å². The van der Waals surface area contributed by atoms with Gasteiger partial charge in [0.05, 0.1) is 11.0 Å². The molecule has 5 heteroatoms. The Bertz CT molecular complexity index is 573. The summed E-state index contributed by atoms with van der Waals surface area (Å²) in [4.78, 5) is 0.379. The standard InChI is InChI=1S/C16H25NO3S/c1-12(2)15-5-4-6-16(11-15)21(19,20)17-9-7-14(8-10-17)13(3)18/h4-6,11-14,18H,7-10H2,1-3H3. The van der Waals surface area contributed by atoms with Gasteiger partial charge in [-0.15, -0.1) is 0 Å². The van der Waals surface area contributed by atoms with Crippen molar-refractivity contribution < 1.29 is 13.5 Å². The summed E-state index contributed by atoms with van der Waals surface area (Å²) in [6, 6.07) is 7.22. The number of aliphatic hydroxyl groups is 1. The topological polar surface area (TPSA) is 57.6 Å². The Hall–Kier alpha value is -0.910. The van der Waals surface area contributed by atoms with Crippen molar-refractivity contribution in [1.82, 2.24) is 4.31 Å². The van der Waals surface area contributed by atoms with Crippen LogP contribution in [0.5, 0.6) is 0 Å². The van der Waals surface area contributed by atoms with E-state index < -0.39 is 10.0 Å². The first-order chi connectivity index (χ1) is 9.82. The fourth-order valence-electron chi connectivity index (χ4n) is 2.78. The zero-order chi connectivity index (χ0) is 15.6. The number of benzene rings is 1. The van der Waals surface area contributed by atoms with Gasteiger partial charge < -0.3 is 5.11 Å². The second-order valence-corrected chi connectivity index (χ2v) is 8.15. The fraction of sp³-hybridized carbons (Fsp3) is 0.625. The van der Waals surface area contributed by atoms with Gasteiger partial charge in [-0.25, -0.2) is 8.42 Å². The summed E-state index contributed by atoms with van der Waals surface area (Å²) in [5.41, 5.74) is 1.04. The summed E-state index contributed by atoms with van der Waals surface area (Å²) in [5, 5.41) is 9.61. The van der Waals surface area contributed by atoms with E-state index in [1.165, 1.54) is 0 Å². The summed E-state index contributed by atoms with van der Waals surface area (Å²) in [5.74, 6) is 0.513. The molecule has 1 heterocycles. The first kappa shape index (κ1) is 16.5. The fourth-order valence-corrected chi connectivity index (χ4v) is 4.31. The first-order valence-electron chi connectivity index (χ1n) is 7.60. The van der Waals surface area contributed by atoms with Crippen LogP contribution in [0, 0.1) is 5.92 Å². The van der Waals surface area contributed by atoms with E-state index in [0.717, 1.165) is 18.4 Å².